The molecule has 3 atom stereocenters. The average molecular weight is 404 g/mol. The van der Waals surface area contributed by atoms with Crippen molar-refractivity contribution >= 4 is 18.4 Å². The van der Waals surface area contributed by atoms with E-state index in [0.29, 0.717) is 24.6 Å². The Labute approximate surface area is 173 Å². The zero-order valence-electron chi connectivity index (χ0n) is 16.5. The molecule has 1 aliphatic heterocycles. The number of aromatic hydroxyl groups is 1. The Morgan fingerprint density at radius 1 is 1.21 bits per heavy atom. The van der Waals surface area contributed by atoms with E-state index in [9.17, 15) is 15.0 Å². The van der Waals surface area contributed by atoms with Gasteiger partial charge in [-0.2, -0.15) is 0 Å². The number of nitrogens with zero attached hydrogens (tertiary/aromatic N) is 1. The molecule has 1 aliphatic rings. The van der Waals surface area contributed by atoms with Gasteiger partial charge in [0.05, 0.1) is 5.92 Å². The molecule has 0 aromatic heterocycles. The van der Waals surface area contributed by atoms with Crippen molar-refractivity contribution in [2.75, 3.05) is 19.6 Å². The van der Waals surface area contributed by atoms with Crippen LogP contribution in [0.5, 0.6) is 5.75 Å². The molecule has 2 aromatic rings. The quantitative estimate of drug-likeness (QED) is 0.752. The molecule has 0 amide bonds. The number of halogens is 1. The molecule has 28 heavy (non-hydrogen) atoms. The Kier molecular flexibility index (Phi) is 7.50. The molecule has 5 heteroatoms. The van der Waals surface area contributed by atoms with Crippen LogP contribution in [0.15, 0.2) is 54.6 Å². The van der Waals surface area contributed by atoms with E-state index in [4.69, 9.17) is 0 Å². The topological polar surface area (TPSA) is 60.8 Å². The highest BCUT2D eigenvalue weighted by Gasteiger charge is 2.39. The van der Waals surface area contributed by atoms with Crippen molar-refractivity contribution < 1.29 is 15.0 Å². The van der Waals surface area contributed by atoms with Crippen LogP contribution in [0.2, 0.25) is 0 Å². The highest BCUT2D eigenvalue weighted by atomic mass is 35.5. The summed E-state index contributed by atoms with van der Waals surface area (Å²) in [5.41, 5.74) is 2.22. The standard InChI is InChI=1S/C23H29NO3.ClH/c1-17-15-24(12-11-23(17,2)20-9-6-10-21(25)14-20)16-19(22(26)27)13-18-7-4-3-5-8-18;/h3-10,14,17,19,25H,11-13,15-16H2,1-2H3,(H,26,27);1H/t17-,19-,23+;/m0./s1. The van der Waals surface area contributed by atoms with Crippen LogP contribution in [0.3, 0.4) is 0 Å². The van der Waals surface area contributed by atoms with Gasteiger partial charge in [-0.15, -0.1) is 12.4 Å². The molecule has 0 saturated carbocycles. The fourth-order valence-electron chi connectivity index (χ4n) is 4.21. The number of hydrogen-bond donors (Lipinski definition) is 2. The number of carboxylic acid groups (broad SMARTS) is 1. The van der Waals surface area contributed by atoms with Gasteiger partial charge in [-0.05, 0) is 54.0 Å². The number of likely N-dealkylation sites (tertiary alicyclic amines) is 1. The second kappa shape index (κ2) is 9.44. The molecule has 0 bridgehead atoms. The Balaban J connectivity index is 0.00000280. The molecule has 3 rings (SSSR count). The SMILES string of the molecule is C[C@H]1CN(C[C@H](Cc2ccccc2)C(=O)O)CC[C@@]1(C)c1cccc(O)c1.Cl. The van der Waals surface area contributed by atoms with Crippen LogP contribution >= 0.6 is 12.4 Å². The van der Waals surface area contributed by atoms with Crippen molar-refractivity contribution in [1.29, 1.82) is 0 Å². The third-order valence-electron chi connectivity index (χ3n) is 6.23. The molecule has 2 aromatic carbocycles. The number of phenols is 1. The molecule has 2 N–H and O–H groups in total. The van der Waals surface area contributed by atoms with Gasteiger partial charge >= 0.3 is 5.97 Å². The molecule has 0 spiro atoms. The second-order valence-corrected chi connectivity index (χ2v) is 8.10. The van der Waals surface area contributed by atoms with Gasteiger partial charge in [0.25, 0.3) is 0 Å². The predicted octanol–water partition coefficient (Wildman–Crippen LogP) is 4.36. The van der Waals surface area contributed by atoms with Crippen LogP contribution in [0.25, 0.3) is 0 Å². The van der Waals surface area contributed by atoms with Crippen LogP contribution in [0.4, 0.5) is 0 Å². The van der Waals surface area contributed by atoms with E-state index < -0.39 is 11.9 Å². The largest absolute Gasteiger partial charge is 0.508 e. The minimum Gasteiger partial charge on any atom is -0.508 e. The van der Waals surface area contributed by atoms with Crippen LogP contribution in [0.1, 0.15) is 31.4 Å². The lowest BCUT2D eigenvalue weighted by Gasteiger charge is -2.45. The van der Waals surface area contributed by atoms with Gasteiger partial charge in [0, 0.05) is 13.1 Å². The first-order valence-electron chi connectivity index (χ1n) is 9.67. The maximum Gasteiger partial charge on any atom is 0.308 e. The first-order valence-corrected chi connectivity index (χ1v) is 9.67. The molecule has 0 radical (unpaired) electrons. The summed E-state index contributed by atoms with van der Waals surface area (Å²) in [5, 5.41) is 19.5. The van der Waals surface area contributed by atoms with Crippen molar-refractivity contribution in [1.82, 2.24) is 4.90 Å². The Hall–Kier alpha value is -2.04. The van der Waals surface area contributed by atoms with Gasteiger partial charge in [0.1, 0.15) is 5.75 Å². The molecule has 4 nitrogen and oxygen atoms in total. The third-order valence-corrected chi connectivity index (χ3v) is 6.23. The van der Waals surface area contributed by atoms with E-state index in [1.165, 1.54) is 0 Å². The summed E-state index contributed by atoms with van der Waals surface area (Å²) in [6.07, 6.45) is 1.51. The van der Waals surface area contributed by atoms with Gasteiger partial charge in [0.2, 0.25) is 0 Å². The van der Waals surface area contributed by atoms with E-state index in [1.807, 2.05) is 42.5 Å². The zero-order chi connectivity index (χ0) is 19.4. The van der Waals surface area contributed by atoms with Gasteiger partial charge in [-0.1, -0.05) is 56.3 Å². The van der Waals surface area contributed by atoms with Crippen LogP contribution in [-0.2, 0) is 16.6 Å². The monoisotopic (exact) mass is 403 g/mol. The van der Waals surface area contributed by atoms with E-state index in [-0.39, 0.29) is 17.8 Å². The van der Waals surface area contributed by atoms with E-state index >= 15 is 0 Å². The molecular weight excluding hydrogens is 374 g/mol. The molecule has 1 heterocycles. The number of carboxylic acids is 1. The Bertz CT molecular complexity index is 782. The number of rotatable bonds is 6. The van der Waals surface area contributed by atoms with Gasteiger partial charge < -0.3 is 15.1 Å². The Morgan fingerprint density at radius 2 is 1.93 bits per heavy atom. The van der Waals surface area contributed by atoms with Crippen LogP contribution in [0, 0.1) is 11.8 Å². The maximum atomic E-state index is 11.8. The van der Waals surface area contributed by atoms with Gasteiger partial charge in [-0.3, -0.25) is 4.79 Å². The number of hydrogen-bond acceptors (Lipinski definition) is 3. The van der Waals surface area contributed by atoms with Gasteiger partial charge in [0.15, 0.2) is 0 Å². The number of piperidine rings is 1. The predicted molar refractivity (Wildman–Crippen MR) is 114 cm³/mol. The maximum absolute atomic E-state index is 11.8. The van der Waals surface area contributed by atoms with Crippen LogP contribution < -0.4 is 0 Å². The minimum atomic E-state index is -0.729. The molecule has 0 unspecified atom stereocenters. The number of aliphatic carboxylic acids is 1. The molecule has 152 valence electrons. The summed E-state index contributed by atoms with van der Waals surface area (Å²) >= 11 is 0. The molecule has 0 aliphatic carbocycles. The highest BCUT2D eigenvalue weighted by molar-refractivity contribution is 5.85. The molecule has 1 saturated heterocycles. The lowest BCUT2D eigenvalue weighted by Crippen LogP contribution is -2.49. The van der Waals surface area contributed by atoms with Crippen molar-refractivity contribution in [3.05, 3.63) is 65.7 Å². The van der Waals surface area contributed by atoms with E-state index in [2.05, 4.69) is 24.8 Å². The normalized spacial score (nSPS) is 23.6. The smallest absolute Gasteiger partial charge is 0.308 e. The first-order chi connectivity index (χ1) is 12.9. The summed E-state index contributed by atoms with van der Waals surface area (Å²) in [4.78, 5) is 14.1. The fraction of sp³-hybridized carbons (Fsp3) is 0.435. The molecular formula is C23H30ClNO3. The van der Waals surface area contributed by atoms with Crippen molar-refractivity contribution in [3.63, 3.8) is 0 Å². The van der Waals surface area contributed by atoms with E-state index in [0.717, 1.165) is 30.6 Å². The lowest BCUT2D eigenvalue weighted by atomic mass is 9.68. The van der Waals surface area contributed by atoms with Crippen molar-refractivity contribution in [3.8, 4) is 5.75 Å². The lowest BCUT2D eigenvalue weighted by molar-refractivity contribution is -0.142. The third kappa shape index (κ3) is 5.06. The molecule has 1 fully saturated rings. The number of benzene rings is 2. The minimum absolute atomic E-state index is 0. The average Bonchev–Trinajstić information content (AvgIpc) is 2.65. The zero-order valence-corrected chi connectivity index (χ0v) is 17.4. The summed E-state index contributed by atoms with van der Waals surface area (Å²) in [6, 6.07) is 17.4. The second-order valence-electron chi connectivity index (χ2n) is 8.10. The van der Waals surface area contributed by atoms with Crippen molar-refractivity contribution in [2.45, 2.75) is 32.1 Å². The van der Waals surface area contributed by atoms with E-state index in [1.54, 1.807) is 6.07 Å². The number of carbonyl (C=O) groups is 1. The highest BCUT2D eigenvalue weighted by Crippen LogP contribution is 2.40. The number of phenolic OH excluding ortho intramolecular Hbond substituents is 1. The summed E-state index contributed by atoms with van der Waals surface area (Å²) in [7, 11) is 0. The first kappa shape index (κ1) is 22.3. The summed E-state index contributed by atoms with van der Waals surface area (Å²) < 4.78 is 0. The fourth-order valence-corrected chi connectivity index (χ4v) is 4.21. The van der Waals surface area contributed by atoms with Crippen LogP contribution in [-0.4, -0.2) is 40.7 Å². The Morgan fingerprint density at radius 3 is 2.54 bits per heavy atom. The van der Waals surface area contributed by atoms with Gasteiger partial charge in [-0.25, -0.2) is 0 Å². The van der Waals surface area contributed by atoms with Crippen molar-refractivity contribution in [2.24, 2.45) is 11.8 Å². The summed E-state index contributed by atoms with van der Waals surface area (Å²) in [6.45, 7) is 6.79. The summed E-state index contributed by atoms with van der Waals surface area (Å²) in [5.74, 6) is -0.450.